The van der Waals surface area contributed by atoms with Gasteiger partial charge in [-0.05, 0) is 53.9 Å². The van der Waals surface area contributed by atoms with E-state index in [9.17, 15) is 4.79 Å². The third kappa shape index (κ3) is 5.41. The minimum atomic E-state index is -0.117. The summed E-state index contributed by atoms with van der Waals surface area (Å²) >= 11 is 1.73. The molecule has 174 valence electrons. The van der Waals surface area contributed by atoms with Gasteiger partial charge in [-0.25, -0.2) is 4.98 Å². The number of aryl methyl sites for hydroxylation is 1. The van der Waals surface area contributed by atoms with Crippen LogP contribution in [-0.2, 0) is 18.8 Å². The minimum absolute atomic E-state index is 0.117. The summed E-state index contributed by atoms with van der Waals surface area (Å²) < 4.78 is 2.20. The van der Waals surface area contributed by atoms with E-state index in [2.05, 4.69) is 51.0 Å². The Labute approximate surface area is 208 Å². The Balaban J connectivity index is 1.32. The van der Waals surface area contributed by atoms with Crippen molar-refractivity contribution in [2.45, 2.75) is 30.9 Å². The lowest BCUT2D eigenvalue weighted by Crippen LogP contribution is -2.23. The number of nitrogens with one attached hydrogen (secondary N) is 1. The second kappa shape index (κ2) is 10.5. The molecule has 7 heteroatoms. The van der Waals surface area contributed by atoms with Crippen LogP contribution in [0.15, 0.2) is 96.5 Å². The van der Waals surface area contributed by atoms with Crippen molar-refractivity contribution in [3.05, 3.63) is 119 Å². The van der Waals surface area contributed by atoms with Crippen molar-refractivity contribution in [3.63, 3.8) is 0 Å². The van der Waals surface area contributed by atoms with Gasteiger partial charge in [-0.15, -0.1) is 0 Å². The molecule has 0 unspecified atom stereocenters. The fraction of sp³-hybridized carbons (Fsp3) is 0.143. The van der Waals surface area contributed by atoms with Crippen LogP contribution >= 0.6 is 11.8 Å². The van der Waals surface area contributed by atoms with Crippen LogP contribution in [0.5, 0.6) is 0 Å². The molecule has 0 fully saturated rings. The highest BCUT2D eigenvalue weighted by Gasteiger charge is 2.13. The second-order valence-electron chi connectivity index (χ2n) is 8.26. The third-order valence-corrected chi connectivity index (χ3v) is 6.87. The van der Waals surface area contributed by atoms with Crippen molar-refractivity contribution < 1.29 is 4.79 Å². The van der Waals surface area contributed by atoms with Gasteiger partial charge in [0, 0.05) is 23.7 Å². The molecule has 0 bridgehead atoms. The smallest absolute Gasteiger partial charge is 0.251 e. The summed E-state index contributed by atoms with van der Waals surface area (Å²) in [5.74, 6) is 0.729. The third-order valence-electron chi connectivity index (χ3n) is 5.85. The molecule has 0 saturated carbocycles. The van der Waals surface area contributed by atoms with Crippen LogP contribution in [0.2, 0.25) is 0 Å². The number of amides is 1. The molecule has 5 aromatic rings. The maximum absolute atomic E-state index is 12.6. The number of hydrogen-bond acceptors (Lipinski definition) is 5. The first kappa shape index (κ1) is 22.8. The number of carbonyl (C=O) groups excluding carboxylic acids is 1. The maximum Gasteiger partial charge on any atom is 0.251 e. The summed E-state index contributed by atoms with van der Waals surface area (Å²) in [6.45, 7) is 3.18. The Kier molecular flexibility index (Phi) is 6.86. The monoisotopic (exact) mass is 479 g/mol. The minimum Gasteiger partial charge on any atom is -0.346 e. The van der Waals surface area contributed by atoms with Crippen molar-refractivity contribution in [1.82, 2.24) is 24.8 Å². The fourth-order valence-electron chi connectivity index (χ4n) is 3.84. The van der Waals surface area contributed by atoms with E-state index >= 15 is 0 Å². The molecule has 0 aliphatic carbocycles. The normalized spacial score (nSPS) is 11.0. The van der Waals surface area contributed by atoms with E-state index in [0.29, 0.717) is 18.7 Å². The molecule has 0 aliphatic rings. The number of carbonyl (C=O) groups is 1. The molecule has 0 saturated heterocycles. The number of pyridine rings is 2. The van der Waals surface area contributed by atoms with Crippen molar-refractivity contribution in [3.8, 4) is 0 Å². The average Bonchev–Trinajstić information content (AvgIpc) is 3.25. The Hall–Kier alpha value is -3.97. The molecule has 1 amide bonds. The number of nitrogens with zero attached hydrogens (tertiary/aromatic N) is 4. The highest BCUT2D eigenvalue weighted by atomic mass is 32.2. The standard InChI is InChI=1S/C28H25N5OS/c1-20-6-2-3-7-23(20)19-35-28-32-25-13-15-29-17-26(25)33(28)18-21-9-11-22(12-10-21)27(34)31-16-24-8-4-5-14-30-24/h2-15,17H,16,18-19H2,1H3,(H,31,34). The number of rotatable bonds is 8. The van der Waals surface area contributed by atoms with Crippen molar-refractivity contribution >= 4 is 28.7 Å². The molecule has 0 radical (unpaired) electrons. The van der Waals surface area contributed by atoms with E-state index in [0.717, 1.165) is 33.2 Å². The van der Waals surface area contributed by atoms with Gasteiger partial charge in [-0.1, -0.05) is 54.2 Å². The van der Waals surface area contributed by atoms with Gasteiger partial charge in [-0.2, -0.15) is 0 Å². The Morgan fingerprint density at radius 2 is 1.80 bits per heavy atom. The zero-order valence-corrected chi connectivity index (χ0v) is 20.2. The number of benzene rings is 2. The van der Waals surface area contributed by atoms with Gasteiger partial charge in [0.2, 0.25) is 0 Å². The first-order chi connectivity index (χ1) is 17.2. The largest absolute Gasteiger partial charge is 0.346 e. The predicted octanol–water partition coefficient (Wildman–Crippen LogP) is 5.41. The molecule has 3 heterocycles. The molecule has 3 aromatic heterocycles. The summed E-state index contributed by atoms with van der Waals surface area (Å²) in [7, 11) is 0. The SMILES string of the molecule is Cc1ccccc1CSc1nc2ccncc2n1Cc1ccc(C(=O)NCc2ccccn2)cc1. The summed E-state index contributed by atoms with van der Waals surface area (Å²) in [4.78, 5) is 26.0. The summed E-state index contributed by atoms with van der Waals surface area (Å²) in [5.41, 5.74) is 7.04. The second-order valence-corrected chi connectivity index (χ2v) is 9.20. The molecular formula is C28H25N5OS. The highest BCUT2D eigenvalue weighted by molar-refractivity contribution is 7.98. The van der Waals surface area contributed by atoms with Crippen molar-refractivity contribution in [2.75, 3.05) is 0 Å². The van der Waals surface area contributed by atoms with E-state index in [1.807, 2.05) is 54.7 Å². The maximum atomic E-state index is 12.6. The summed E-state index contributed by atoms with van der Waals surface area (Å²) in [6, 6.07) is 23.7. The van der Waals surface area contributed by atoms with Gasteiger partial charge in [-0.3, -0.25) is 14.8 Å². The van der Waals surface area contributed by atoms with E-state index < -0.39 is 0 Å². The van der Waals surface area contributed by atoms with Crippen molar-refractivity contribution in [2.24, 2.45) is 0 Å². The topological polar surface area (TPSA) is 72.7 Å². The number of hydrogen-bond donors (Lipinski definition) is 1. The molecule has 0 aliphatic heterocycles. The number of fused-ring (bicyclic) bond motifs is 1. The van der Waals surface area contributed by atoms with Gasteiger partial charge >= 0.3 is 0 Å². The number of imidazole rings is 1. The molecule has 1 N–H and O–H groups in total. The lowest BCUT2D eigenvalue weighted by atomic mass is 10.1. The van der Waals surface area contributed by atoms with Crippen LogP contribution in [0.4, 0.5) is 0 Å². The van der Waals surface area contributed by atoms with E-state index in [-0.39, 0.29) is 5.91 Å². The zero-order valence-electron chi connectivity index (χ0n) is 19.4. The number of thioether (sulfide) groups is 1. The van der Waals surface area contributed by atoms with Crippen LogP contribution in [0.3, 0.4) is 0 Å². The van der Waals surface area contributed by atoms with Crippen LogP contribution in [-0.4, -0.2) is 25.4 Å². The van der Waals surface area contributed by atoms with E-state index in [1.165, 1.54) is 11.1 Å². The van der Waals surface area contributed by atoms with Gasteiger partial charge in [0.1, 0.15) is 0 Å². The Morgan fingerprint density at radius 1 is 0.971 bits per heavy atom. The lowest BCUT2D eigenvalue weighted by molar-refractivity contribution is 0.0950. The fourth-order valence-corrected chi connectivity index (χ4v) is 4.93. The van der Waals surface area contributed by atoms with E-state index in [4.69, 9.17) is 4.98 Å². The van der Waals surface area contributed by atoms with Gasteiger partial charge in [0.15, 0.2) is 5.16 Å². The molecule has 0 spiro atoms. The van der Waals surface area contributed by atoms with Gasteiger partial charge in [0.25, 0.3) is 5.91 Å². The van der Waals surface area contributed by atoms with Crippen molar-refractivity contribution in [1.29, 1.82) is 0 Å². The zero-order chi connectivity index (χ0) is 24.0. The lowest BCUT2D eigenvalue weighted by Gasteiger charge is -2.11. The van der Waals surface area contributed by atoms with Crippen LogP contribution in [0.25, 0.3) is 11.0 Å². The molecule has 6 nitrogen and oxygen atoms in total. The van der Waals surface area contributed by atoms with Crippen LogP contribution in [0.1, 0.15) is 32.7 Å². The average molecular weight is 480 g/mol. The molecule has 5 rings (SSSR count). The summed E-state index contributed by atoms with van der Waals surface area (Å²) in [6.07, 6.45) is 5.35. The van der Waals surface area contributed by atoms with Gasteiger partial charge < -0.3 is 9.88 Å². The molecule has 2 aromatic carbocycles. The predicted molar refractivity (Wildman–Crippen MR) is 139 cm³/mol. The first-order valence-electron chi connectivity index (χ1n) is 11.4. The summed E-state index contributed by atoms with van der Waals surface area (Å²) in [5, 5.41) is 3.87. The highest BCUT2D eigenvalue weighted by Crippen LogP contribution is 2.28. The van der Waals surface area contributed by atoms with Gasteiger partial charge in [0.05, 0.1) is 36.0 Å². The van der Waals surface area contributed by atoms with Crippen LogP contribution < -0.4 is 5.32 Å². The molecular weight excluding hydrogens is 454 g/mol. The Bertz CT molecular complexity index is 1450. The molecule has 35 heavy (non-hydrogen) atoms. The number of aromatic nitrogens is 4. The molecule has 0 atom stereocenters. The first-order valence-corrected chi connectivity index (χ1v) is 12.4. The Morgan fingerprint density at radius 3 is 2.60 bits per heavy atom. The van der Waals surface area contributed by atoms with E-state index in [1.54, 1.807) is 24.2 Å². The quantitative estimate of drug-likeness (QED) is 0.302. The van der Waals surface area contributed by atoms with Crippen LogP contribution in [0, 0.1) is 6.92 Å².